The maximum Gasteiger partial charge on any atom is 0.414 e. The molecule has 0 amide bonds. The van der Waals surface area contributed by atoms with E-state index in [1.165, 1.54) is 0 Å². The highest BCUT2D eigenvalue weighted by atomic mass is 16.4. The average Bonchev–Trinajstić information content (AvgIpc) is 2.25. The zero-order chi connectivity index (χ0) is 15.8. The van der Waals surface area contributed by atoms with Crippen LogP contribution in [0.3, 0.4) is 0 Å². The van der Waals surface area contributed by atoms with E-state index in [2.05, 4.69) is 0 Å². The van der Waals surface area contributed by atoms with Gasteiger partial charge in [-0.1, -0.05) is 0 Å². The maximum absolute atomic E-state index is 9.90. The van der Waals surface area contributed by atoms with Gasteiger partial charge in [-0.2, -0.15) is 0 Å². The molecule has 0 aromatic carbocycles. The largest absolute Gasteiger partial charge is 0.483 e. The first kappa shape index (κ1) is 21.6. The van der Waals surface area contributed by atoms with Crippen molar-refractivity contribution in [3.8, 4) is 0 Å². The molecule has 0 saturated carbocycles. The third-order valence-electron chi connectivity index (χ3n) is 1.21. The van der Waals surface area contributed by atoms with Crippen molar-refractivity contribution in [2.75, 3.05) is 0 Å². The minimum atomic E-state index is -1.82. The van der Waals surface area contributed by atoms with Crippen LogP contribution in [0.15, 0.2) is 0 Å². The maximum atomic E-state index is 9.90. The number of aliphatic carboxylic acids is 4. The molecule has 0 aliphatic rings. The van der Waals surface area contributed by atoms with E-state index in [0.717, 1.165) is 0 Å². The Morgan fingerprint density at radius 1 is 0.737 bits per heavy atom. The van der Waals surface area contributed by atoms with Gasteiger partial charge in [0, 0.05) is 12.8 Å². The highest BCUT2D eigenvalue weighted by Gasteiger charge is 2.04. The van der Waals surface area contributed by atoms with Crippen LogP contribution >= 0.6 is 0 Å². The first-order valence-electron chi connectivity index (χ1n) is 4.66. The molecule has 0 heterocycles. The van der Waals surface area contributed by atoms with Crippen molar-refractivity contribution >= 4 is 30.3 Å². The second-order valence-electron chi connectivity index (χ2n) is 2.71. The van der Waals surface area contributed by atoms with Gasteiger partial charge in [0.1, 0.15) is 0 Å². The molecule has 110 valence electrons. The fourth-order valence-corrected chi connectivity index (χ4v) is 0.552. The monoisotopic (exact) mass is 282 g/mol. The Morgan fingerprint density at radius 2 is 0.947 bits per heavy atom. The zero-order valence-corrected chi connectivity index (χ0v) is 9.68. The fourth-order valence-electron chi connectivity index (χ4n) is 0.552. The molecule has 0 spiro atoms. The Labute approximate surface area is 106 Å². The van der Waals surface area contributed by atoms with Crippen LogP contribution in [0, 0.1) is 0 Å². The van der Waals surface area contributed by atoms with Gasteiger partial charge in [-0.05, 0) is 12.8 Å². The van der Waals surface area contributed by atoms with Gasteiger partial charge in [0.25, 0.3) is 6.47 Å². The molecule has 10 heteroatoms. The number of carbonyl (C=O) groups is 5. The lowest BCUT2D eigenvalue weighted by Gasteiger charge is -1.92. The summed E-state index contributed by atoms with van der Waals surface area (Å²) < 4.78 is 0. The fraction of sp³-hybridized carbons (Fsp3) is 0.444. The van der Waals surface area contributed by atoms with Gasteiger partial charge in [0.05, 0.1) is 0 Å². The average molecular weight is 282 g/mol. The van der Waals surface area contributed by atoms with E-state index in [0.29, 0.717) is 12.8 Å². The number of rotatable bonds is 5. The molecule has 0 aliphatic carbocycles. The summed E-state index contributed by atoms with van der Waals surface area (Å²) in [6, 6.07) is 0. The van der Waals surface area contributed by atoms with Crippen LogP contribution in [0.5, 0.6) is 0 Å². The van der Waals surface area contributed by atoms with Gasteiger partial charge in [-0.3, -0.25) is 14.4 Å². The van der Waals surface area contributed by atoms with Crippen LogP contribution in [-0.4, -0.2) is 55.9 Å². The minimum Gasteiger partial charge on any atom is -0.483 e. The first-order valence-corrected chi connectivity index (χ1v) is 4.66. The van der Waals surface area contributed by atoms with E-state index < -0.39 is 23.9 Å². The van der Waals surface area contributed by atoms with Crippen molar-refractivity contribution in [3.05, 3.63) is 0 Å². The SMILES string of the molecule is O=C(O)C(=O)O.O=C(O)CCCCC(=O)O.O=CO. The third kappa shape index (κ3) is 39.2. The van der Waals surface area contributed by atoms with Crippen molar-refractivity contribution in [1.82, 2.24) is 0 Å². The van der Waals surface area contributed by atoms with Crippen LogP contribution in [0.25, 0.3) is 0 Å². The predicted molar refractivity (Wildman–Crippen MR) is 57.7 cm³/mol. The Kier molecular flexibility index (Phi) is 17.5. The number of carboxylic acid groups (broad SMARTS) is 5. The molecule has 0 atom stereocenters. The topological polar surface area (TPSA) is 186 Å². The second kappa shape index (κ2) is 15.4. The van der Waals surface area contributed by atoms with Crippen molar-refractivity contribution in [2.24, 2.45) is 0 Å². The van der Waals surface area contributed by atoms with E-state index in [-0.39, 0.29) is 19.3 Å². The minimum absolute atomic E-state index is 0.0628. The summed E-state index contributed by atoms with van der Waals surface area (Å²) >= 11 is 0. The van der Waals surface area contributed by atoms with Gasteiger partial charge in [-0.25, -0.2) is 9.59 Å². The summed E-state index contributed by atoms with van der Waals surface area (Å²) in [5, 5.41) is 37.9. The van der Waals surface area contributed by atoms with E-state index in [4.69, 9.17) is 39.9 Å². The summed E-state index contributed by atoms with van der Waals surface area (Å²) in [4.78, 5) is 46.4. The first-order chi connectivity index (χ1) is 8.68. The van der Waals surface area contributed by atoms with Gasteiger partial charge in [-0.15, -0.1) is 0 Å². The van der Waals surface area contributed by atoms with Gasteiger partial charge in [0.15, 0.2) is 0 Å². The lowest BCUT2D eigenvalue weighted by molar-refractivity contribution is -0.159. The Balaban J connectivity index is -0.000000242. The molecule has 0 unspecified atom stereocenters. The molecule has 0 aliphatic heterocycles. The van der Waals surface area contributed by atoms with Crippen LogP contribution in [0.2, 0.25) is 0 Å². The normalized spacial score (nSPS) is 7.79. The van der Waals surface area contributed by atoms with Gasteiger partial charge in [0.2, 0.25) is 0 Å². The summed E-state index contributed by atoms with van der Waals surface area (Å²) in [5.41, 5.74) is 0. The van der Waals surface area contributed by atoms with E-state index in [1.54, 1.807) is 0 Å². The molecule has 19 heavy (non-hydrogen) atoms. The molecular weight excluding hydrogens is 268 g/mol. The van der Waals surface area contributed by atoms with Crippen LogP contribution in [0.4, 0.5) is 0 Å². The molecule has 0 fully saturated rings. The van der Waals surface area contributed by atoms with Gasteiger partial charge < -0.3 is 25.5 Å². The molecule has 0 saturated heterocycles. The number of carboxylic acids is 4. The number of unbranched alkanes of at least 4 members (excludes halogenated alkanes) is 1. The molecule has 0 bridgehead atoms. The lowest BCUT2D eigenvalue weighted by atomic mass is 10.2. The third-order valence-corrected chi connectivity index (χ3v) is 1.21. The smallest absolute Gasteiger partial charge is 0.414 e. The summed E-state index contributed by atoms with van der Waals surface area (Å²) in [6.45, 7) is -0.250. The Bertz CT molecular complexity index is 280. The van der Waals surface area contributed by atoms with Crippen LogP contribution < -0.4 is 0 Å². The van der Waals surface area contributed by atoms with Crippen LogP contribution in [-0.2, 0) is 24.0 Å². The van der Waals surface area contributed by atoms with Gasteiger partial charge >= 0.3 is 23.9 Å². The van der Waals surface area contributed by atoms with Crippen LogP contribution in [0.1, 0.15) is 25.7 Å². The molecule has 5 N–H and O–H groups in total. The van der Waals surface area contributed by atoms with E-state index >= 15 is 0 Å². The standard InChI is InChI=1S/C6H10O4.C2H2O4.CH2O2/c7-5(8)3-1-2-4-6(9)10;3-1(4)2(5)6;2-1-3/h1-4H2,(H,7,8)(H,9,10);(H,3,4)(H,5,6);1H,(H,2,3). The molecule has 0 aromatic heterocycles. The predicted octanol–water partition coefficient (Wildman–Crippen LogP) is -0.428. The van der Waals surface area contributed by atoms with E-state index in [9.17, 15) is 9.59 Å². The molecule has 0 aromatic rings. The highest BCUT2D eigenvalue weighted by Crippen LogP contribution is 1.98. The molecule has 0 radical (unpaired) electrons. The van der Waals surface area contributed by atoms with E-state index in [1.807, 2.05) is 0 Å². The van der Waals surface area contributed by atoms with Crippen molar-refractivity contribution in [3.63, 3.8) is 0 Å². The summed E-state index contributed by atoms with van der Waals surface area (Å²) in [7, 11) is 0. The molecule has 10 nitrogen and oxygen atoms in total. The zero-order valence-electron chi connectivity index (χ0n) is 9.68. The highest BCUT2D eigenvalue weighted by molar-refractivity contribution is 6.27. The van der Waals surface area contributed by atoms with Crippen molar-refractivity contribution in [1.29, 1.82) is 0 Å². The lowest BCUT2D eigenvalue weighted by Crippen LogP contribution is -2.09. The summed E-state index contributed by atoms with van der Waals surface area (Å²) in [5.74, 6) is -5.39. The van der Waals surface area contributed by atoms with Crippen molar-refractivity contribution < 1.29 is 49.5 Å². The van der Waals surface area contributed by atoms with Crippen molar-refractivity contribution in [2.45, 2.75) is 25.7 Å². The quantitative estimate of drug-likeness (QED) is 0.251. The Hall–Kier alpha value is -2.65. The Morgan fingerprint density at radius 3 is 1.05 bits per heavy atom. The second-order valence-corrected chi connectivity index (χ2v) is 2.71. The molecule has 0 rings (SSSR count). The summed E-state index contributed by atoms with van der Waals surface area (Å²) in [6.07, 6.45) is 1.02. The number of hydrogen-bond donors (Lipinski definition) is 5. The molecular formula is C9H14O10. The number of hydrogen-bond acceptors (Lipinski definition) is 5.